The second-order valence-corrected chi connectivity index (χ2v) is 5.50. The number of hydrogen-bond acceptors (Lipinski definition) is 3. The average molecular weight is 306 g/mol. The maximum Gasteiger partial charge on any atom is 0.122 e. The average Bonchev–Trinajstić information content (AvgIpc) is 2.47. The minimum Gasteiger partial charge on any atom is -0.491 e. The zero-order valence-electron chi connectivity index (χ0n) is 12.3. The van der Waals surface area contributed by atoms with Crippen molar-refractivity contribution >= 4 is 17.3 Å². The van der Waals surface area contributed by atoms with Crippen LogP contribution in [0.4, 0.5) is 5.69 Å². The summed E-state index contributed by atoms with van der Waals surface area (Å²) in [5.74, 6) is 0.812. The normalized spacial score (nSPS) is 12.0. The SMILES string of the molecule is Cc1ccc(C)c(OCC(O)CNc2ccccc2Cl)c1. The highest BCUT2D eigenvalue weighted by Crippen LogP contribution is 2.21. The van der Waals surface area contributed by atoms with Crippen molar-refractivity contribution in [2.45, 2.75) is 20.0 Å². The second-order valence-electron chi connectivity index (χ2n) is 5.09. The number of para-hydroxylation sites is 1. The summed E-state index contributed by atoms with van der Waals surface area (Å²) < 4.78 is 5.68. The van der Waals surface area contributed by atoms with Crippen LogP contribution in [0.5, 0.6) is 5.75 Å². The molecule has 0 heterocycles. The lowest BCUT2D eigenvalue weighted by molar-refractivity contribution is 0.117. The molecule has 0 aliphatic rings. The number of aliphatic hydroxyl groups is 1. The zero-order chi connectivity index (χ0) is 15.2. The molecule has 4 heteroatoms. The molecule has 0 amide bonds. The van der Waals surface area contributed by atoms with Crippen molar-refractivity contribution in [3.63, 3.8) is 0 Å². The van der Waals surface area contributed by atoms with Gasteiger partial charge in [0.1, 0.15) is 18.5 Å². The Morgan fingerprint density at radius 1 is 1.19 bits per heavy atom. The lowest BCUT2D eigenvalue weighted by atomic mass is 10.1. The molecule has 21 heavy (non-hydrogen) atoms. The Morgan fingerprint density at radius 3 is 2.71 bits per heavy atom. The summed E-state index contributed by atoms with van der Waals surface area (Å²) in [5, 5.41) is 13.7. The van der Waals surface area contributed by atoms with Gasteiger partial charge in [0.15, 0.2) is 0 Å². The van der Waals surface area contributed by atoms with Gasteiger partial charge in [-0.1, -0.05) is 35.9 Å². The first-order valence-electron chi connectivity index (χ1n) is 6.93. The summed E-state index contributed by atoms with van der Waals surface area (Å²) >= 11 is 6.04. The molecule has 0 radical (unpaired) electrons. The van der Waals surface area contributed by atoms with E-state index < -0.39 is 6.10 Å². The van der Waals surface area contributed by atoms with Gasteiger partial charge in [-0.2, -0.15) is 0 Å². The van der Waals surface area contributed by atoms with Crippen molar-refractivity contribution in [3.05, 3.63) is 58.6 Å². The van der Waals surface area contributed by atoms with Crippen LogP contribution in [-0.4, -0.2) is 24.4 Å². The van der Waals surface area contributed by atoms with E-state index in [1.807, 2.05) is 56.3 Å². The van der Waals surface area contributed by atoms with Gasteiger partial charge in [-0.05, 0) is 43.2 Å². The predicted molar refractivity (Wildman–Crippen MR) is 87.4 cm³/mol. The number of anilines is 1. The van der Waals surface area contributed by atoms with Crippen LogP contribution in [0.3, 0.4) is 0 Å². The van der Waals surface area contributed by atoms with Gasteiger partial charge in [0, 0.05) is 6.54 Å². The Labute approximate surface area is 130 Å². The summed E-state index contributed by atoms with van der Waals surface area (Å²) in [6, 6.07) is 13.5. The smallest absolute Gasteiger partial charge is 0.122 e. The van der Waals surface area contributed by atoms with E-state index in [0.29, 0.717) is 11.6 Å². The van der Waals surface area contributed by atoms with Gasteiger partial charge < -0.3 is 15.2 Å². The molecule has 0 fully saturated rings. The first kappa shape index (κ1) is 15.7. The standard InChI is InChI=1S/C17H20ClNO2/c1-12-7-8-13(2)17(9-12)21-11-14(20)10-19-16-6-4-3-5-15(16)18/h3-9,14,19-20H,10-11H2,1-2H3. The van der Waals surface area contributed by atoms with Gasteiger partial charge in [0.25, 0.3) is 0 Å². The molecule has 0 aliphatic carbocycles. The van der Waals surface area contributed by atoms with Gasteiger partial charge in [-0.25, -0.2) is 0 Å². The first-order valence-corrected chi connectivity index (χ1v) is 7.30. The van der Waals surface area contributed by atoms with Crippen LogP contribution >= 0.6 is 11.6 Å². The van der Waals surface area contributed by atoms with Crippen molar-refractivity contribution < 1.29 is 9.84 Å². The Kier molecular flexibility index (Phi) is 5.48. The third-order valence-electron chi connectivity index (χ3n) is 3.18. The van der Waals surface area contributed by atoms with Gasteiger partial charge in [-0.15, -0.1) is 0 Å². The number of halogens is 1. The van der Waals surface area contributed by atoms with Crippen molar-refractivity contribution in [3.8, 4) is 5.75 Å². The van der Waals surface area contributed by atoms with Crippen molar-refractivity contribution in [2.24, 2.45) is 0 Å². The molecule has 2 rings (SSSR count). The van der Waals surface area contributed by atoms with E-state index in [2.05, 4.69) is 5.32 Å². The molecule has 0 aliphatic heterocycles. The summed E-state index contributed by atoms with van der Waals surface area (Å²) in [6.07, 6.45) is -0.610. The van der Waals surface area contributed by atoms with E-state index in [4.69, 9.17) is 16.3 Å². The highest BCUT2D eigenvalue weighted by molar-refractivity contribution is 6.33. The number of aryl methyl sites for hydroxylation is 2. The van der Waals surface area contributed by atoms with Crippen LogP contribution in [0.2, 0.25) is 5.02 Å². The number of benzene rings is 2. The first-order chi connectivity index (χ1) is 10.1. The van der Waals surface area contributed by atoms with E-state index in [-0.39, 0.29) is 6.61 Å². The summed E-state index contributed by atoms with van der Waals surface area (Å²) in [4.78, 5) is 0. The van der Waals surface area contributed by atoms with E-state index >= 15 is 0 Å². The molecule has 1 atom stereocenters. The number of aliphatic hydroxyl groups excluding tert-OH is 1. The summed E-state index contributed by atoms with van der Waals surface area (Å²) in [5.41, 5.74) is 3.01. The molecule has 0 saturated heterocycles. The van der Waals surface area contributed by atoms with Crippen molar-refractivity contribution in [1.29, 1.82) is 0 Å². The van der Waals surface area contributed by atoms with Crippen LogP contribution in [0.15, 0.2) is 42.5 Å². The Bertz CT molecular complexity index is 601. The fourth-order valence-electron chi connectivity index (χ4n) is 1.94. The number of ether oxygens (including phenoxy) is 1. The Balaban J connectivity index is 1.84. The molecule has 0 bridgehead atoms. The Morgan fingerprint density at radius 2 is 1.95 bits per heavy atom. The third kappa shape index (κ3) is 4.66. The lowest BCUT2D eigenvalue weighted by Crippen LogP contribution is -2.26. The molecule has 3 nitrogen and oxygen atoms in total. The monoisotopic (exact) mass is 305 g/mol. The lowest BCUT2D eigenvalue weighted by Gasteiger charge is -2.16. The molecule has 0 saturated carbocycles. The van der Waals surface area contributed by atoms with Gasteiger partial charge in [0.05, 0.1) is 10.7 Å². The number of rotatable bonds is 6. The molecular formula is C17H20ClNO2. The van der Waals surface area contributed by atoms with E-state index in [0.717, 1.165) is 22.6 Å². The minimum absolute atomic E-state index is 0.238. The number of hydrogen-bond donors (Lipinski definition) is 2. The quantitative estimate of drug-likeness (QED) is 0.853. The summed E-state index contributed by atoms with van der Waals surface area (Å²) in [7, 11) is 0. The molecule has 2 N–H and O–H groups in total. The van der Waals surface area contributed by atoms with E-state index in [1.54, 1.807) is 0 Å². The molecule has 0 aromatic heterocycles. The van der Waals surface area contributed by atoms with Crippen LogP contribution in [-0.2, 0) is 0 Å². The molecular weight excluding hydrogens is 286 g/mol. The predicted octanol–water partition coefficient (Wildman–Crippen LogP) is 3.81. The second kappa shape index (κ2) is 7.34. The Hall–Kier alpha value is -1.71. The highest BCUT2D eigenvalue weighted by Gasteiger charge is 2.08. The molecule has 112 valence electrons. The van der Waals surface area contributed by atoms with E-state index in [9.17, 15) is 5.11 Å². The van der Waals surface area contributed by atoms with Crippen LogP contribution < -0.4 is 10.1 Å². The maximum atomic E-state index is 9.99. The molecule has 2 aromatic rings. The maximum absolute atomic E-state index is 9.99. The summed E-state index contributed by atoms with van der Waals surface area (Å²) in [6.45, 7) is 4.63. The van der Waals surface area contributed by atoms with Crippen LogP contribution in [0, 0.1) is 13.8 Å². The third-order valence-corrected chi connectivity index (χ3v) is 3.51. The largest absolute Gasteiger partial charge is 0.491 e. The fraction of sp³-hybridized carbons (Fsp3) is 0.294. The van der Waals surface area contributed by atoms with Gasteiger partial charge in [0.2, 0.25) is 0 Å². The molecule has 0 spiro atoms. The number of nitrogens with one attached hydrogen (secondary N) is 1. The molecule has 1 unspecified atom stereocenters. The van der Waals surface area contributed by atoms with Gasteiger partial charge >= 0.3 is 0 Å². The zero-order valence-corrected chi connectivity index (χ0v) is 13.0. The minimum atomic E-state index is -0.610. The van der Waals surface area contributed by atoms with Gasteiger partial charge in [-0.3, -0.25) is 0 Å². The topological polar surface area (TPSA) is 41.5 Å². The van der Waals surface area contributed by atoms with E-state index in [1.165, 1.54) is 0 Å². The van der Waals surface area contributed by atoms with Crippen molar-refractivity contribution in [2.75, 3.05) is 18.5 Å². The van der Waals surface area contributed by atoms with Crippen molar-refractivity contribution in [1.82, 2.24) is 0 Å². The highest BCUT2D eigenvalue weighted by atomic mass is 35.5. The molecule has 2 aromatic carbocycles. The van der Waals surface area contributed by atoms with Crippen LogP contribution in [0.1, 0.15) is 11.1 Å². The van der Waals surface area contributed by atoms with Crippen LogP contribution in [0.25, 0.3) is 0 Å². The fourth-order valence-corrected chi connectivity index (χ4v) is 2.14.